The van der Waals surface area contributed by atoms with E-state index in [2.05, 4.69) is 30.8 Å². The molecule has 2 heterocycles. The second-order valence-corrected chi connectivity index (χ2v) is 4.83. The third-order valence-electron chi connectivity index (χ3n) is 2.98. The topological polar surface area (TPSA) is 55.3 Å². The van der Waals surface area contributed by atoms with E-state index in [4.69, 9.17) is 4.74 Å². The molecule has 0 N–H and O–H groups in total. The van der Waals surface area contributed by atoms with Crippen molar-refractivity contribution in [2.75, 3.05) is 25.1 Å². The van der Waals surface area contributed by atoms with Gasteiger partial charge in [0.05, 0.1) is 17.5 Å². The fraction of sp³-hybridized carbons (Fsp3) is 0.545. The smallest absolute Gasteiger partial charge is 0.308 e. The predicted octanol–water partition coefficient (Wildman–Crippen LogP) is 1.63. The van der Waals surface area contributed by atoms with Crippen LogP contribution >= 0.6 is 15.9 Å². The van der Waals surface area contributed by atoms with Crippen LogP contribution in [-0.4, -0.2) is 36.1 Å². The Morgan fingerprint density at radius 1 is 1.53 bits per heavy atom. The molecule has 0 amide bonds. The Labute approximate surface area is 108 Å². The molecule has 17 heavy (non-hydrogen) atoms. The molecular formula is C11H14BrN3O2. The molecular weight excluding hydrogens is 286 g/mol. The van der Waals surface area contributed by atoms with Crippen LogP contribution in [0.4, 0.5) is 5.82 Å². The zero-order chi connectivity index (χ0) is 12.3. The first kappa shape index (κ1) is 12.3. The van der Waals surface area contributed by atoms with Gasteiger partial charge in [0, 0.05) is 19.3 Å². The van der Waals surface area contributed by atoms with E-state index in [0.29, 0.717) is 0 Å². The van der Waals surface area contributed by atoms with Crippen LogP contribution in [0.3, 0.4) is 0 Å². The lowest BCUT2D eigenvalue weighted by atomic mass is 9.97. The number of aromatic nitrogens is 2. The van der Waals surface area contributed by atoms with Crippen LogP contribution in [0, 0.1) is 5.92 Å². The SMILES string of the molecule is COC(=O)C1CCN(c2ncncc2Br)CC1. The van der Waals surface area contributed by atoms with Gasteiger partial charge in [-0.05, 0) is 28.8 Å². The van der Waals surface area contributed by atoms with Crippen molar-refractivity contribution in [2.24, 2.45) is 5.92 Å². The van der Waals surface area contributed by atoms with Gasteiger partial charge in [0.1, 0.15) is 12.1 Å². The van der Waals surface area contributed by atoms with Crippen LogP contribution in [0.5, 0.6) is 0 Å². The van der Waals surface area contributed by atoms with Gasteiger partial charge in [0.25, 0.3) is 0 Å². The summed E-state index contributed by atoms with van der Waals surface area (Å²) in [6, 6.07) is 0. The maximum atomic E-state index is 11.4. The molecule has 0 atom stereocenters. The van der Waals surface area contributed by atoms with Crippen molar-refractivity contribution in [2.45, 2.75) is 12.8 Å². The second-order valence-electron chi connectivity index (χ2n) is 3.98. The molecule has 0 aromatic carbocycles. The van der Waals surface area contributed by atoms with Crippen LogP contribution < -0.4 is 4.90 Å². The molecule has 0 aliphatic carbocycles. The number of rotatable bonds is 2. The number of piperidine rings is 1. The summed E-state index contributed by atoms with van der Waals surface area (Å²) in [7, 11) is 1.44. The molecule has 6 heteroatoms. The first-order valence-corrected chi connectivity index (χ1v) is 6.30. The van der Waals surface area contributed by atoms with Crippen molar-refractivity contribution in [3.63, 3.8) is 0 Å². The molecule has 5 nitrogen and oxygen atoms in total. The normalized spacial score (nSPS) is 16.9. The Hall–Kier alpha value is -1.17. The minimum atomic E-state index is -0.105. The van der Waals surface area contributed by atoms with Crippen molar-refractivity contribution < 1.29 is 9.53 Å². The average molecular weight is 300 g/mol. The quantitative estimate of drug-likeness (QED) is 0.777. The van der Waals surface area contributed by atoms with Gasteiger partial charge in [-0.25, -0.2) is 9.97 Å². The van der Waals surface area contributed by atoms with E-state index in [9.17, 15) is 4.79 Å². The van der Waals surface area contributed by atoms with Crippen LogP contribution in [-0.2, 0) is 9.53 Å². The number of methoxy groups -OCH3 is 1. The summed E-state index contributed by atoms with van der Waals surface area (Å²) in [5.74, 6) is 0.812. The zero-order valence-electron chi connectivity index (χ0n) is 9.60. The second kappa shape index (κ2) is 5.44. The summed E-state index contributed by atoms with van der Waals surface area (Å²) in [5.41, 5.74) is 0. The largest absolute Gasteiger partial charge is 0.469 e. The molecule has 0 radical (unpaired) electrons. The monoisotopic (exact) mass is 299 g/mol. The Balaban J connectivity index is 2.00. The molecule has 1 aliphatic rings. The average Bonchev–Trinajstić information content (AvgIpc) is 2.39. The first-order valence-electron chi connectivity index (χ1n) is 5.50. The molecule has 0 spiro atoms. The van der Waals surface area contributed by atoms with Crippen molar-refractivity contribution in [3.8, 4) is 0 Å². The molecule has 1 aliphatic heterocycles. The first-order chi connectivity index (χ1) is 8.22. The summed E-state index contributed by atoms with van der Waals surface area (Å²) >= 11 is 3.43. The van der Waals surface area contributed by atoms with Gasteiger partial charge in [-0.1, -0.05) is 0 Å². The highest BCUT2D eigenvalue weighted by Crippen LogP contribution is 2.27. The number of hydrogen-bond donors (Lipinski definition) is 0. The van der Waals surface area contributed by atoms with Crippen LogP contribution in [0.25, 0.3) is 0 Å². The van der Waals surface area contributed by atoms with Gasteiger partial charge in [-0.15, -0.1) is 0 Å². The number of ether oxygens (including phenoxy) is 1. The van der Waals surface area contributed by atoms with Crippen LogP contribution in [0.1, 0.15) is 12.8 Å². The summed E-state index contributed by atoms with van der Waals surface area (Å²) in [5, 5.41) is 0. The molecule has 1 aromatic heterocycles. The van der Waals surface area contributed by atoms with Gasteiger partial charge in [-0.2, -0.15) is 0 Å². The molecule has 92 valence electrons. The summed E-state index contributed by atoms with van der Waals surface area (Å²) in [6.45, 7) is 1.63. The van der Waals surface area contributed by atoms with E-state index in [0.717, 1.165) is 36.2 Å². The van der Waals surface area contributed by atoms with Gasteiger partial charge < -0.3 is 9.64 Å². The van der Waals surface area contributed by atoms with Crippen molar-refractivity contribution >= 4 is 27.7 Å². The fourth-order valence-electron chi connectivity index (χ4n) is 2.03. The highest BCUT2D eigenvalue weighted by Gasteiger charge is 2.26. The number of nitrogens with zero attached hydrogens (tertiary/aromatic N) is 3. The van der Waals surface area contributed by atoms with E-state index in [1.807, 2.05) is 0 Å². The highest BCUT2D eigenvalue weighted by molar-refractivity contribution is 9.10. The molecule has 0 bridgehead atoms. The molecule has 1 saturated heterocycles. The van der Waals surface area contributed by atoms with E-state index < -0.39 is 0 Å². The fourth-order valence-corrected chi connectivity index (χ4v) is 2.50. The number of carbonyl (C=O) groups excluding carboxylic acids is 1. The summed E-state index contributed by atoms with van der Waals surface area (Å²) in [4.78, 5) is 21.7. The van der Waals surface area contributed by atoms with Crippen LogP contribution in [0.15, 0.2) is 17.0 Å². The molecule has 1 fully saturated rings. The lowest BCUT2D eigenvalue weighted by Gasteiger charge is -2.31. The Morgan fingerprint density at radius 2 is 2.24 bits per heavy atom. The molecule has 2 rings (SSSR count). The van der Waals surface area contributed by atoms with Gasteiger partial charge in [0.15, 0.2) is 0 Å². The minimum Gasteiger partial charge on any atom is -0.469 e. The maximum Gasteiger partial charge on any atom is 0.308 e. The van der Waals surface area contributed by atoms with Crippen molar-refractivity contribution in [3.05, 3.63) is 17.0 Å². The highest BCUT2D eigenvalue weighted by atomic mass is 79.9. The number of hydrogen-bond acceptors (Lipinski definition) is 5. The van der Waals surface area contributed by atoms with E-state index in [-0.39, 0.29) is 11.9 Å². The third-order valence-corrected chi connectivity index (χ3v) is 3.54. The molecule has 0 unspecified atom stereocenters. The van der Waals surface area contributed by atoms with Gasteiger partial charge >= 0.3 is 5.97 Å². The van der Waals surface area contributed by atoms with E-state index in [1.165, 1.54) is 13.4 Å². The Morgan fingerprint density at radius 3 is 2.82 bits per heavy atom. The van der Waals surface area contributed by atoms with E-state index in [1.54, 1.807) is 6.20 Å². The number of halogens is 1. The molecule has 0 saturated carbocycles. The van der Waals surface area contributed by atoms with Crippen molar-refractivity contribution in [1.29, 1.82) is 0 Å². The number of anilines is 1. The summed E-state index contributed by atoms with van der Waals surface area (Å²) < 4.78 is 5.65. The Kier molecular flexibility index (Phi) is 3.93. The third kappa shape index (κ3) is 2.74. The predicted molar refractivity (Wildman–Crippen MR) is 66.7 cm³/mol. The van der Waals surface area contributed by atoms with Gasteiger partial charge in [0.2, 0.25) is 0 Å². The minimum absolute atomic E-state index is 0.0249. The number of esters is 1. The lowest BCUT2D eigenvalue weighted by molar-refractivity contribution is -0.146. The van der Waals surface area contributed by atoms with E-state index >= 15 is 0 Å². The summed E-state index contributed by atoms with van der Waals surface area (Å²) in [6.07, 6.45) is 4.88. The standard InChI is InChI=1S/C11H14BrN3O2/c1-17-11(16)8-2-4-15(5-3-8)10-9(12)6-13-7-14-10/h6-8H,2-5H2,1H3. The Bertz CT molecular complexity index is 405. The maximum absolute atomic E-state index is 11.4. The zero-order valence-corrected chi connectivity index (χ0v) is 11.2. The van der Waals surface area contributed by atoms with Crippen molar-refractivity contribution in [1.82, 2.24) is 9.97 Å². The number of carbonyl (C=O) groups is 1. The van der Waals surface area contributed by atoms with Gasteiger partial charge in [-0.3, -0.25) is 4.79 Å². The molecule has 1 aromatic rings. The van der Waals surface area contributed by atoms with Crippen LogP contribution in [0.2, 0.25) is 0 Å². The lowest BCUT2D eigenvalue weighted by Crippen LogP contribution is -2.37.